The highest BCUT2D eigenvalue weighted by Crippen LogP contribution is 2.46. The van der Waals surface area contributed by atoms with Crippen molar-refractivity contribution in [3.63, 3.8) is 0 Å². The molecule has 0 spiro atoms. The van der Waals surface area contributed by atoms with Gasteiger partial charge in [0.2, 0.25) is 0 Å². The smallest absolute Gasteiger partial charge is 0.119 e. The summed E-state index contributed by atoms with van der Waals surface area (Å²) < 4.78 is 25.0. The lowest BCUT2D eigenvalue weighted by Gasteiger charge is -2.40. The van der Waals surface area contributed by atoms with Crippen LogP contribution in [0.2, 0.25) is 5.02 Å². The molecule has 3 aromatic rings. The molecule has 8 nitrogen and oxygen atoms in total. The summed E-state index contributed by atoms with van der Waals surface area (Å²) in [5, 5.41) is 41.8. The van der Waals surface area contributed by atoms with Gasteiger partial charge in [-0.1, -0.05) is 66.2 Å². The molecular weight excluding hydrogens is 565 g/mol. The Labute approximate surface area is 245 Å². The highest BCUT2D eigenvalue weighted by molar-refractivity contribution is 7.71. The fourth-order valence-electron chi connectivity index (χ4n) is 5.51. The van der Waals surface area contributed by atoms with E-state index in [2.05, 4.69) is 4.90 Å². The summed E-state index contributed by atoms with van der Waals surface area (Å²) in [7, 11) is -2.30. The minimum Gasteiger partial charge on any atom is -0.492 e. The van der Waals surface area contributed by atoms with Crippen LogP contribution in [0.4, 0.5) is 0 Å². The van der Waals surface area contributed by atoms with Crippen LogP contribution in [-0.2, 0) is 15.7 Å². The monoisotopic (exact) mass is 601 g/mol. The summed E-state index contributed by atoms with van der Waals surface area (Å²) in [6, 6.07) is 22.9. The molecule has 10 heteroatoms. The Hall–Kier alpha value is -2.26. The summed E-state index contributed by atoms with van der Waals surface area (Å²) in [6.07, 6.45) is -4.16. The highest BCUT2D eigenvalue weighted by Gasteiger charge is 2.44. The van der Waals surface area contributed by atoms with Gasteiger partial charge in [-0.15, -0.1) is 0 Å². The van der Waals surface area contributed by atoms with E-state index in [1.54, 1.807) is 12.1 Å². The maximum absolute atomic E-state index is 13.3. The van der Waals surface area contributed by atoms with Crippen molar-refractivity contribution in [1.29, 1.82) is 0 Å². The minimum atomic E-state index is -2.30. The second kappa shape index (κ2) is 13.4. The molecule has 5 atom stereocenters. The zero-order chi connectivity index (χ0) is 29.0. The molecule has 0 amide bonds. The first kappa shape index (κ1) is 30.2. The van der Waals surface area contributed by atoms with Crippen LogP contribution in [0, 0.1) is 0 Å². The molecule has 2 fully saturated rings. The van der Waals surface area contributed by atoms with Crippen molar-refractivity contribution in [1.82, 2.24) is 4.90 Å². The normalized spacial score (nSPS) is 26.5. The van der Waals surface area contributed by atoms with Crippen LogP contribution in [-0.4, -0.2) is 94.9 Å². The van der Waals surface area contributed by atoms with Gasteiger partial charge in [0.1, 0.15) is 50.0 Å². The molecule has 3 aromatic carbocycles. The zero-order valence-corrected chi connectivity index (χ0v) is 24.4. The molecule has 2 saturated heterocycles. The van der Waals surface area contributed by atoms with Crippen molar-refractivity contribution in [2.45, 2.75) is 36.9 Å². The van der Waals surface area contributed by atoms with E-state index >= 15 is 0 Å². The van der Waals surface area contributed by atoms with Crippen molar-refractivity contribution < 1.29 is 34.5 Å². The van der Waals surface area contributed by atoms with E-state index in [4.69, 9.17) is 21.1 Å². The number of halogens is 1. The molecule has 0 saturated carbocycles. The topological polar surface area (TPSA) is 120 Å². The van der Waals surface area contributed by atoms with Gasteiger partial charge in [0, 0.05) is 42.3 Å². The van der Waals surface area contributed by atoms with Gasteiger partial charge in [-0.3, -0.25) is 4.90 Å². The van der Waals surface area contributed by atoms with E-state index in [0.717, 1.165) is 41.8 Å². The van der Waals surface area contributed by atoms with Crippen molar-refractivity contribution in [3.8, 4) is 5.75 Å². The lowest BCUT2D eigenvalue weighted by atomic mass is 9.90. The highest BCUT2D eigenvalue weighted by atomic mass is 35.5. The maximum Gasteiger partial charge on any atom is 0.119 e. The largest absolute Gasteiger partial charge is 0.492 e. The average molecular weight is 602 g/mol. The Morgan fingerprint density at radius 1 is 0.927 bits per heavy atom. The van der Waals surface area contributed by atoms with E-state index < -0.39 is 44.3 Å². The van der Waals surface area contributed by atoms with Crippen LogP contribution in [0.25, 0.3) is 0 Å². The van der Waals surface area contributed by atoms with E-state index in [1.165, 1.54) is 0 Å². The molecule has 0 bridgehead atoms. The first-order valence-electron chi connectivity index (χ1n) is 13.9. The van der Waals surface area contributed by atoms with Gasteiger partial charge < -0.3 is 34.5 Å². The Balaban J connectivity index is 1.13. The molecule has 0 radical (unpaired) electrons. The molecule has 0 aliphatic carbocycles. The molecule has 5 rings (SSSR count). The SMILES string of the molecule is O=P1(c2ccccc2)CCN(CCOc2ccc(Cc3cc(C4OC(CO)C(O)C(O)C4O)ccc3Cl)cc2)CC1. The summed E-state index contributed by atoms with van der Waals surface area (Å²) in [4.78, 5) is 2.30. The summed E-state index contributed by atoms with van der Waals surface area (Å²) >= 11 is 6.48. The third kappa shape index (κ3) is 7.04. The molecule has 5 unspecified atom stereocenters. The van der Waals surface area contributed by atoms with Crippen molar-refractivity contribution >= 4 is 24.0 Å². The third-order valence-corrected chi connectivity index (χ3v) is 11.5. The Bertz CT molecular complexity index is 1330. The molecule has 41 heavy (non-hydrogen) atoms. The molecule has 2 aliphatic heterocycles. The van der Waals surface area contributed by atoms with Crippen molar-refractivity contribution in [3.05, 3.63) is 94.5 Å². The molecule has 4 N–H and O–H groups in total. The van der Waals surface area contributed by atoms with Crippen LogP contribution in [0.1, 0.15) is 22.8 Å². The number of ether oxygens (including phenoxy) is 2. The number of aliphatic hydroxyl groups excluding tert-OH is 4. The Morgan fingerprint density at radius 3 is 2.32 bits per heavy atom. The Kier molecular flexibility index (Phi) is 9.85. The van der Waals surface area contributed by atoms with E-state index in [1.807, 2.05) is 60.7 Å². The van der Waals surface area contributed by atoms with E-state index in [9.17, 15) is 25.0 Å². The van der Waals surface area contributed by atoms with Crippen LogP contribution < -0.4 is 10.0 Å². The number of nitrogens with zero attached hydrogens (tertiary/aromatic N) is 1. The van der Waals surface area contributed by atoms with Gasteiger partial charge in [-0.2, -0.15) is 0 Å². The standard InChI is InChI=1S/C31H37ClNO7P/c32-26-11-8-22(31-30(37)29(36)28(35)27(20-34)40-31)19-23(26)18-21-6-9-24(10-7-21)39-15-12-33-13-16-41(38,17-14-33)25-4-2-1-3-5-25/h1-11,19,27-31,34-37H,12-18,20H2. The van der Waals surface area contributed by atoms with E-state index in [-0.39, 0.29) is 0 Å². The summed E-state index contributed by atoms with van der Waals surface area (Å²) in [5.74, 6) is 0.766. The van der Waals surface area contributed by atoms with Crippen LogP contribution >= 0.6 is 18.7 Å². The number of hydrogen-bond donors (Lipinski definition) is 4. The predicted octanol–water partition coefficient (Wildman–Crippen LogP) is 2.83. The summed E-state index contributed by atoms with van der Waals surface area (Å²) in [5.41, 5.74) is 2.42. The summed E-state index contributed by atoms with van der Waals surface area (Å²) in [6.45, 7) is 2.44. The molecule has 2 heterocycles. The van der Waals surface area contributed by atoms with Crippen LogP contribution in [0.5, 0.6) is 5.75 Å². The van der Waals surface area contributed by atoms with Crippen molar-refractivity contribution in [2.75, 3.05) is 45.2 Å². The second-order valence-corrected chi connectivity index (χ2v) is 14.4. The maximum atomic E-state index is 13.3. The average Bonchev–Trinajstić information content (AvgIpc) is 3.00. The van der Waals surface area contributed by atoms with Gasteiger partial charge in [0.25, 0.3) is 0 Å². The number of hydrogen-bond acceptors (Lipinski definition) is 8. The quantitative estimate of drug-likeness (QED) is 0.277. The fourth-order valence-corrected chi connectivity index (χ4v) is 8.36. The molecule has 220 valence electrons. The second-order valence-electron chi connectivity index (χ2n) is 10.8. The van der Waals surface area contributed by atoms with Gasteiger partial charge in [0.15, 0.2) is 0 Å². The zero-order valence-electron chi connectivity index (χ0n) is 22.8. The predicted molar refractivity (Wildman–Crippen MR) is 159 cm³/mol. The van der Waals surface area contributed by atoms with Gasteiger partial charge in [-0.05, 0) is 41.3 Å². The van der Waals surface area contributed by atoms with Crippen molar-refractivity contribution in [2.24, 2.45) is 0 Å². The van der Waals surface area contributed by atoms with Crippen LogP contribution in [0.15, 0.2) is 72.8 Å². The van der Waals surface area contributed by atoms with Gasteiger partial charge in [0.05, 0.1) is 6.61 Å². The van der Waals surface area contributed by atoms with Gasteiger partial charge in [-0.25, -0.2) is 0 Å². The van der Waals surface area contributed by atoms with Gasteiger partial charge >= 0.3 is 0 Å². The third-order valence-electron chi connectivity index (χ3n) is 8.07. The molecular formula is C31H37ClNO7P. The van der Waals surface area contributed by atoms with Crippen LogP contribution in [0.3, 0.4) is 0 Å². The first-order chi connectivity index (χ1) is 19.8. The van der Waals surface area contributed by atoms with E-state index in [0.29, 0.717) is 35.9 Å². The minimum absolute atomic E-state index is 0.481. The number of benzene rings is 3. The fraction of sp³-hybridized carbons (Fsp3) is 0.419. The lowest BCUT2D eigenvalue weighted by Crippen LogP contribution is -2.55. The molecule has 0 aromatic heterocycles. The number of rotatable bonds is 9. The Morgan fingerprint density at radius 2 is 1.63 bits per heavy atom. The number of aliphatic hydroxyl groups is 4. The first-order valence-corrected chi connectivity index (χ1v) is 16.4. The lowest BCUT2D eigenvalue weighted by molar-refractivity contribution is -0.231. The molecule has 2 aliphatic rings.